The molecule has 0 spiro atoms. The summed E-state index contributed by atoms with van der Waals surface area (Å²) in [7, 11) is 0. The number of esters is 1. The van der Waals surface area contributed by atoms with Crippen molar-refractivity contribution in [3.05, 3.63) is 12.7 Å². The van der Waals surface area contributed by atoms with Gasteiger partial charge in [0.1, 0.15) is 11.7 Å². The summed E-state index contributed by atoms with van der Waals surface area (Å²) < 4.78 is 24.6. The molecule has 11 nitrogen and oxygen atoms in total. The Morgan fingerprint density at radius 1 is 1.11 bits per heavy atom. The number of amides is 1. The zero-order valence-corrected chi connectivity index (χ0v) is 28.2. The van der Waals surface area contributed by atoms with Crippen LogP contribution >= 0.6 is 12.4 Å². The van der Waals surface area contributed by atoms with Crippen LogP contribution in [0.15, 0.2) is 12.7 Å². The maximum Gasteiger partial charge on any atom is 0.410 e. The van der Waals surface area contributed by atoms with Crippen molar-refractivity contribution in [3.63, 3.8) is 0 Å². The number of ether oxygens (including phenoxy) is 4. The molecule has 12 heteroatoms. The lowest BCUT2D eigenvalue weighted by molar-refractivity contribution is -0.369. The van der Waals surface area contributed by atoms with E-state index in [1.807, 2.05) is 27.7 Å². The minimum Gasteiger partial charge on any atom is -0.458 e. The molecule has 0 radical (unpaired) electrons. The minimum atomic E-state index is -2.28. The number of aliphatic hydroxyl groups is 2. The van der Waals surface area contributed by atoms with E-state index < -0.39 is 69.7 Å². The molecule has 0 bridgehead atoms. The maximum absolute atomic E-state index is 14.3. The zero-order valence-electron chi connectivity index (χ0n) is 27.4. The first kappa shape index (κ1) is 36.7. The van der Waals surface area contributed by atoms with E-state index in [0.717, 1.165) is 0 Å². The Hall–Kier alpha value is -1.76. The van der Waals surface area contributed by atoms with Crippen molar-refractivity contribution in [3.8, 4) is 0 Å². The van der Waals surface area contributed by atoms with Gasteiger partial charge in [0.05, 0.1) is 31.3 Å². The summed E-state index contributed by atoms with van der Waals surface area (Å²) in [6, 6.07) is 0. The van der Waals surface area contributed by atoms with Gasteiger partial charge in [-0.15, -0.1) is 19.0 Å². The average molecular weight is 645 g/mol. The largest absolute Gasteiger partial charge is 0.458 e. The lowest BCUT2D eigenvalue weighted by atomic mass is 9.39. The van der Waals surface area contributed by atoms with Crippen LogP contribution in [0.1, 0.15) is 74.1 Å². The predicted octanol–water partition coefficient (Wildman–Crippen LogP) is 3.13. The molecule has 0 aromatic rings. The molecule has 252 valence electrons. The van der Waals surface area contributed by atoms with Gasteiger partial charge in [0.2, 0.25) is 0 Å². The molecule has 0 aromatic heterocycles. The van der Waals surface area contributed by atoms with Crippen molar-refractivity contribution in [2.24, 2.45) is 16.7 Å². The highest BCUT2D eigenvalue weighted by Crippen LogP contribution is 2.67. The summed E-state index contributed by atoms with van der Waals surface area (Å²) in [5.74, 6) is -1.79. The van der Waals surface area contributed by atoms with Crippen LogP contribution in [0.5, 0.6) is 0 Å². The first-order chi connectivity index (χ1) is 20.0. The molecule has 8 atom stereocenters. The normalized spacial score (nSPS) is 40.1. The highest BCUT2D eigenvalue weighted by Gasteiger charge is 2.82. The molecule has 1 amide bonds. The highest BCUT2D eigenvalue weighted by atomic mass is 35.5. The van der Waals surface area contributed by atoms with Crippen LogP contribution in [0.4, 0.5) is 4.79 Å². The van der Waals surface area contributed by atoms with Crippen molar-refractivity contribution < 1.29 is 43.5 Å². The topological polar surface area (TPSA) is 135 Å². The third-order valence-corrected chi connectivity index (χ3v) is 11.0. The van der Waals surface area contributed by atoms with E-state index in [2.05, 4.69) is 11.5 Å². The molecule has 2 aliphatic carbocycles. The Kier molecular flexibility index (Phi) is 11.0. The summed E-state index contributed by atoms with van der Waals surface area (Å²) >= 11 is 0. The summed E-state index contributed by atoms with van der Waals surface area (Å²) in [5, 5.41) is 24.5. The Labute approximate surface area is 268 Å². The number of Topliss-reactive ketones (excluding diaryl/α,β-unsaturated/α-hetero) is 1. The van der Waals surface area contributed by atoms with Crippen LogP contribution in [0.2, 0.25) is 0 Å². The standard InChI is InChI=1S/C32H52N2O9.ClH/c1-9-29(6)20-22(36)32(39)30(7)21(35)12-14-28(4,5)25(30)24(41-23(37)13-15-33-16-18-40-19-17-33)26(31(32,8)43-29)42-27(38)34(10-2)11-3;/h9,21,24-26,35,39H,1,10-20H2,2-8H3;1H/t21-,24-,25-,26-,29-,30-,31+,32-;/m0./s1. The zero-order chi connectivity index (χ0) is 32.0. The van der Waals surface area contributed by atoms with Crippen molar-refractivity contribution in [1.82, 2.24) is 9.80 Å². The maximum atomic E-state index is 14.3. The first-order valence-corrected chi connectivity index (χ1v) is 15.8. The van der Waals surface area contributed by atoms with E-state index in [1.54, 1.807) is 13.8 Å². The van der Waals surface area contributed by atoms with Gasteiger partial charge < -0.3 is 34.1 Å². The van der Waals surface area contributed by atoms with E-state index in [0.29, 0.717) is 58.8 Å². The van der Waals surface area contributed by atoms with E-state index >= 15 is 0 Å². The molecule has 4 fully saturated rings. The predicted molar refractivity (Wildman–Crippen MR) is 165 cm³/mol. The van der Waals surface area contributed by atoms with Crippen LogP contribution in [0.25, 0.3) is 0 Å². The third kappa shape index (κ3) is 5.81. The van der Waals surface area contributed by atoms with Crippen LogP contribution < -0.4 is 0 Å². The SMILES string of the molecule is C=C[C@@]1(C)CC(=O)[C@]2(O)[C@@]3(C)[C@@H](O)CCC(C)(C)[C@@H]3[C@H](OC(=O)CCN3CCOCC3)[C@H](OC(=O)N(CC)CC)[C@@]2(C)O1.Cl. The molecule has 2 heterocycles. The van der Waals surface area contributed by atoms with Crippen LogP contribution in [-0.2, 0) is 28.5 Å². The number of rotatable bonds is 8. The summed E-state index contributed by atoms with van der Waals surface area (Å²) in [6.07, 6.45) is -2.02. The number of hydrogen-bond donors (Lipinski definition) is 2. The number of carbonyl (C=O) groups excluding carboxylic acids is 3. The Bertz CT molecular complexity index is 1100. The van der Waals surface area contributed by atoms with Gasteiger partial charge >= 0.3 is 12.1 Å². The summed E-state index contributed by atoms with van der Waals surface area (Å²) in [5.41, 5.74) is -7.52. The van der Waals surface area contributed by atoms with Gasteiger partial charge in [0, 0.05) is 50.5 Å². The van der Waals surface area contributed by atoms with Gasteiger partial charge in [0.25, 0.3) is 0 Å². The van der Waals surface area contributed by atoms with Gasteiger partial charge in [-0.3, -0.25) is 14.5 Å². The second kappa shape index (κ2) is 13.2. The lowest BCUT2D eigenvalue weighted by Gasteiger charge is -2.71. The summed E-state index contributed by atoms with van der Waals surface area (Å²) in [6.45, 7) is 20.2. The third-order valence-electron chi connectivity index (χ3n) is 11.0. The van der Waals surface area contributed by atoms with E-state index in [9.17, 15) is 24.6 Å². The number of fused-ring (bicyclic) bond motifs is 3. The molecule has 2 aliphatic heterocycles. The number of nitrogens with zero attached hydrogens (tertiary/aromatic N) is 2. The number of morpholine rings is 1. The second-order valence-corrected chi connectivity index (χ2v) is 14.0. The van der Waals surface area contributed by atoms with Gasteiger partial charge in [-0.25, -0.2) is 4.79 Å². The fourth-order valence-corrected chi connectivity index (χ4v) is 8.51. The number of hydrogen-bond acceptors (Lipinski definition) is 10. The summed E-state index contributed by atoms with van der Waals surface area (Å²) in [4.78, 5) is 45.1. The second-order valence-electron chi connectivity index (χ2n) is 14.0. The fraction of sp³-hybridized carbons (Fsp3) is 0.844. The van der Waals surface area contributed by atoms with Gasteiger partial charge in [0.15, 0.2) is 17.5 Å². The quantitative estimate of drug-likeness (QED) is 0.300. The Balaban J connectivity index is 0.00000529. The molecule has 2 saturated carbocycles. The molecule has 4 aliphatic rings. The monoisotopic (exact) mass is 644 g/mol. The molecule has 4 rings (SSSR count). The average Bonchev–Trinajstić information content (AvgIpc) is 2.95. The van der Waals surface area contributed by atoms with Crippen LogP contribution in [-0.4, -0.2) is 119 Å². The van der Waals surface area contributed by atoms with E-state index in [1.165, 1.54) is 17.9 Å². The van der Waals surface area contributed by atoms with Gasteiger partial charge in [-0.1, -0.05) is 26.8 Å². The Morgan fingerprint density at radius 3 is 2.30 bits per heavy atom. The van der Waals surface area contributed by atoms with E-state index in [4.69, 9.17) is 18.9 Å². The number of halogens is 1. The van der Waals surface area contributed by atoms with Crippen LogP contribution in [0, 0.1) is 16.7 Å². The number of aliphatic hydroxyl groups excluding tert-OH is 1. The van der Waals surface area contributed by atoms with Crippen molar-refractivity contribution in [2.45, 2.75) is 109 Å². The Morgan fingerprint density at radius 2 is 1.73 bits per heavy atom. The molecule has 2 saturated heterocycles. The molecule has 2 N–H and O–H groups in total. The van der Waals surface area contributed by atoms with Gasteiger partial charge in [-0.2, -0.15) is 0 Å². The fourth-order valence-electron chi connectivity index (χ4n) is 8.51. The molecular formula is C32H53ClN2O9. The van der Waals surface area contributed by atoms with E-state index in [-0.39, 0.29) is 25.2 Å². The number of ketones is 1. The smallest absolute Gasteiger partial charge is 0.410 e. The molecular weight excluding hydrogens is 592 g/mol. The highest BCUT2D eigenvalue weighted by molar-refractivity contribution is 5.92. The lowest BCUT2D eigenvalue weighted by Crippen LogP contribution is -2.87. The van der Waals surface area contributed by atoms with Crippen molar-refractivity contribution in [1.29, 1.82) is 0 Å². The van der Waals surface area contributed by atoms with Crippen molar-refractivity contribution >= 4 is 30.3 Å². The molecule has 0 aromatic carbocycles. The number of carbonyl (C=O) groups is 3. The van der Waals surface area contributed by atoms with Gasteiger partial charge in [-0.05, 0) is 46.0 Å². The first-order valence-electron chi connectivity index (χ1n) is 15.8. The van der Waals surface area contributed by atoms with Crippen molar-refractivity contribution in [2.75, 3.05) is 45.9 Å². The molecule has 0 unspecified atom stereocenters. The molecule has 44 heavy (non-hydrogen) atoms. The minimum absolute atomic E-state index is 0. The van der Waals surface area contributed by atoms with Crippen LogP contribution in [0.3, 0.4) is 0 Å².